The molecule has 0 amide bonds. The van der Waals surface area contributed by atoms with E-state index in [1.54, 1.807) is 11.8 Å². The molecule has 1 aromatic rings. The monoisotopic (exact) mass is 339 g/mol. The van der Waals surface area contributed by atoms with Gasteiger partial charge in [0, 0.05) is 19.0 Å². The predicted molar refractivity (Wildman–Crippen MR) is 100 cm³/mol. The Labute approximate surface area is 146 Å². The number of likely N-dealkylation sites (tertiary alicyclic amines) is 1. The van der Waals surface area contributed by atoms with Crippen LogP contribution in [0.2, 0.25) is 0 Å². The minimum absolute atomic E-state index is 0.636. The van der Waals surface area contributed by atoms with Gasteiger partial charge in [-0.15, -0.1) is 11.8 Å². The van der Waals surface area contributed by atoms with Crippen molar-refractivity contribution in [3.05, 3.63) is 18.3 Å². The van der Waals surface area contributed by atoms with Crippen molar-refractivity contribution in [1.29, 1.82) is 0 Å². The van der Waals surface area contributed by atoms with Crippen LogP contribution in [-0.2, 0) is 0 Å². The summed E-state index contributed by atoms with van der Waals surface area (Å²) in [6.07, 6.45) is 5.16. The second-order valence-corrected chi connectivity index (χ2v) is 7.35. The topological polar surface area (TPSA) is 51.4 Å². The Morgan fingerprint density at radius 1 is 1.35 bits per heavy atom. The number of aromatic nitrogens is 1. The molecule has 1 aliphatic heterocycles. The number of pyridine rings is 1. The molecule has 2 atom stereocenters. The van der Waals surface area contributed by atoms with E-state index in [1.165, 1.54) is 33.1 Å². The molecule has 132 valence electrons. The lowest BCUT2D eigenvalue weighted by atomic mass is 9.99. The lowest BCUT2D eigenvalue weighted by Gasteiger charge is -2.17. The van der Waals surface area contributed by atoms with Crippen LogP contribution in [0.25, 0.3) is 0 Å². The fourth-order valence-corrected chi connectivity index (χ4v) is 3.12. The van der Waals surface area contributed by atoms with Gasteiger partial charge in [-0.2, -0.15) is 0 Å². The Bertz CT molecular complexity index is 425. The Kier molecular flexibility index (Phi) is 9.60. The Hall–Kier alpha value is -0.780. The molecular formula is C18H33N3OS. The molecule has 0 radical (unpaired) electrons. The zero-order valence-corrected chi connectivity index (χ0v) is 16.1. The molecule has 5 heteroatoms. The van der Waals surface area contributed by atoms with Crippen LogP contribution < -0.4 is 10.5 Å². The van der Waals surface area contributed by atoms with Gasteiger partial charge in [0.2, 0.25) is 0 Å². The standard InChI is InChI=1S/C17H28N2OS.CH5N/c1-13(2)7-8-19-10-14(3)15(11-19)12-20-16-5-6-17(21-4)18-9-16;1-2/h5-6,9,13-15H,7-8,10-12H2,1-4H3;2H2,1H3. The molecule has 0 aliphatic carbocycles. The summed E-state index contributed by atoms with van der Waals surface area (Å²) in [5.41, 5.74) is 4.50. The maximum Gasteiger partial charge on any atom is 0.137 e. The smallest absolute Gasteiger partial charge is 0.137 e. The number of rotatable bonds is 7. The lowest BCUT2D eigenvalue weighted by Crippen LogP contribution is -2.24. The first kappa shape index (κ1) is 20.3. The van der Waals surface area contributed by atoms with Crippen molar-refractivity contribution in [1.82, 2.24) is 9.88 Å². The number of thioether (sulfide) groups is 1. The third kappa shape index (κ3) is 7.10. The normalized spacial score (nSPS) is 21.2. The van der Waals surface area contributed by atoms with Crippen molar-refractivity contribution in [2.45, 2.75) is 32.2 Å². The van der Waals surface area contributed by atoms with Gasteiger partial charge in [-0.1, -0.05) is 20.8 Å². The minimum Gasteiger partial charge on any atom is -0.492 e. The van der Waals surface area contributed by atoms with Crippen LogP contribution in [0.15, 0.2) is 23.4 Å². The van der Waals surface area contributed by atoms with E-state index in [0.29, 0.717) is 5.92 Å². The van der Waals surface area contributed by atoms with Gasteiger partial charge in [0.25, 0.3) is 0 Å². The number of hydrogen-bond donors (Lipinski definition) is 1. The highest BCUT2D eigenvalue weighted by molar-refractivity contribution is 7.98. The van der Waals surface area contributed by atoms with Crippen LogP contribution in [0, 0.1) is 17.8 Å². The van der Waals surface area contributed by atoms with Crippen molar-refractivity contribution in [2.24, 2.45) is 23.5 Å². The van der Waals surface area contributed by atoms with Gasteiger partial charge in [0.1, 0.15) is 5.75 Å². The number of ether oxygens (including phenoxy) is 1. The number of hydrogen-bond acceptors (Lipinski definition) is 5. The molecule has 1 saturated heterocycles. The minimum atomic E-state index is 0.636. The summed E-state index contributed by atoms with van der Waals surface area (Å²) in [5.74, 6) is 3.03. The first-order chi connectivity index (χ1) is 11.1. The molecule has 1 fully saturated rings. The summed E-state index contributed by atoms with van der Waals surface area (Å²) in [5, 5.41) is 1.04. The molecule has 0 aromatic carbocycles. The highest BCUT2D eigenvalue weighted by atomic mass is 32.2. The SMILES string of the molecule is CN.CSc1ccc(OCC2CN(CCC(C)C)CC2C)cn1. The molecule has 2 rings (SSSR count). The van der Waals surface area contributed by atoms with E-state index < -0.39 is 0 Å². The van der Waals surface area contributed by atoms with Crippen LogP contribution >= 0.6 is 11.8 Å². The second-order valence-electron chi connectivity index (χ2n) is 6.53. The van der Waals surface area contributed by atoms with E-state index in [1.807, 2.05) is 24.6 Å². The van der Waals surface area contributed by atoms with Crippen LogP contribution in [0.3, 0.4) is 0 Å². The summed E-state index contributed by atoms with van der Waals surface area (Å²) in [4.78, 5) is 6.94. The predicted octanol–water partition coefficient (Wildman–Crippen LogP) is 3.37. The molecule has 2 unspecified atom stereocenters. The zero-order chi connectivity index (χ0) is 17.2. The van der Waals surface area contributed by atoms with E-state index in [9.17, 15) is 0 Å². The summed E-state index contributed by atoms with van der Waals surface area (Å²) in [7, 11) is 1.50. The third-order valence-corrected chi connectivity index (χ3v) is 4.91. The van der Waals surface area contributed by atoms with Gasteiger partial charge in [0.05, 0.1) is 17.8 Å². The van der Waals surface area contributed by atoms with Gasteiger partial charge in [-0.3, -0.25) is 0 Å². The quantitative estimate of drug-likeness (QED) is 0.772. The van der Waals surface area contributed by atoms with E-state index in [4.69, 9.17) is 4.74 Å². The van der Waals surface area contributed by atoms with Crippen molar-refractivity contribution in [3.63, 3.8) is 0 Å². The fraction of sp³-hybridized carbons (Fsp3) is 0.722. The zero-order valence-electron chi connectivity index (χ0n) is 15.3. The van der Waals surface area contributed by atoms with Crippen LogP contribution in [0.4, 0.5) is 0 Å². The third-order valence-electron chi connectivity index (χ3n) is 4.25. The molecule has 1 aromatic heterocycles. The molecule has 1 aliphatic rings. The summed E-state index contributed by atoms with van der Waals surface area (Å²) in [6, 6.07) is 4.04. The van der Waals surface area contributed by atoms with Gasteiger partial charge in [0.15, 0.2) is 0 Å². The second kappa shape index (κ2) is 10.9. The first-order valence-corrected chi connectivity index (χ1v) is 9.74. The average molecular weight is 340 g/mol. The summed E-state index contributed by atoms with van der Waals surface area (Å²) in [6.45, 7) is 11.4. The molecule has 4 nitrogen and oxygen atoms in total. The summed E-state index contributed by atoms with van der Waals surface area (Å²) >= 11 is 1.66. The van der Waals surface area contributed by atoms with E-state index >= 15 is 0 Å². The van der Waals surface area contributed by atoms with Crippen molar-refractivity contribution in [2.75, 3.05) is 39.5 Å². The van der Waals surface area contributed by atoms with E-state index in [2.05, 4.69) is 36.4 Å². The van der Waals surface area contributed by atoms with Gasteiger partial charge in [-0.05, 0) is 50.2 Å². The molecular weight excluding hydrogens is 306 g/mol. The molecule has 0 saturated carbocycles. The first-order valence-electron chi connectivity index (χ1n) is 8.51. The van der Waals surface area contributed by atoms with Crippen LogP contribution in [0.1, 0.15) is 27.2 Å². The largest absolute Gasteiger partial charge is 0.492 e. The lowest BCUT2D eigenvalue weighted by molar-refractivity contribution is 0.223. The fourth-order valence-electron chi connectivity index (χ4n) is 2.76. The van der Waals surface area contributed by atoms with Crippen LogP contribution in [-0.4, -0.2) is 49.4 Å². The summed E-state index contributed by atoms with van der Waals surface area (Å²) < 4.78 is 5.94. The molecule has 2 N–H and O–H groups in total. The van der Waals surface area contributed by atoms with Crippen molar-refractivity contribution >= 4 is 11.8 Å². The molecule has 2 heterocycles. The van der Waals surface area contributed by atoms with Crippen molar-refractivity contribution in [3.8, 4) is 5.75 Å². The number of nitrogens with zero attached hydrogens (tertiary/aromatic N) is 2. The maximum absolute atomic E-state index is 5.94. The Morgan fingerprint density at radius 3 is 2.65 bits per heavy atom. The van der Waals surface area contributed by atoms with Gasteiger partial charge >= 0.3 is 0 Å². The molecule has 0 bridgehead atoms. The van der Waals surface area contributed by atoms with Crippen LogP contribution in [0.5, 0.6) is 5.75 Å². The van der Waals surface area contributed by atoms with Crippen molar-refractivity contribution < 1.29 is 4.74 Å². The number of nitrogens with two attached hydrogens (primary N) is 1. The average Bonchev–Trinajstić information content (AvgIpc) is 2.93. The van der Waals surface area contributed by atoms with Gasteiger partial charge in [-0.25, -0.2) is 4.98 Å². The van der Waals surface area contributed by atoms with Gasteiger partial charge < -0.3 is 15.4 Å². The molecule has 0 spiro atoms. The highest BCUT2D eigenvalue weighted by Crippen LogP contribution is 2.25. The van der Waals surface area contributed by atoms with E-state index in [-0.39, 0.29) is 0 Å². The molecule has 23 heavy (non-hydrogen) atoms. The van der Waals surface area contributed by atoms with E-state index in [0.717, 1.165) is 29.2 Å². The highest BCUT2D eigenvalue weighted by Gasteiger charge is 2.29. The maximum atomic E-state index is 5.94. The Balaban J connectivity index is 0.00000127. The Morgan fingerprint density at radius 2 is 2.09 bits per heavy atom.